The Hall–Kier alpha value is -2.36. The number of hydrogen-bond acceptors (Lipinski definition) is 3. The van der Waals surface area contributed by atoms with Gasteiger partial charge in [-0.2, -0.15) is 0 Å². The van der Waals surface area contributed by atoms with Crippen molar-refractivity contribution >= 4 is 5.91 Å². The molecule has 4 heteroatoms. The summed E-state index contributed by atoms with van der Waals surface area (Å²) in [5.74, 6) is 0.669. The fraction of sp³-hybridized carbons (Fsp3) is 0. The normalized spacial score (nSPS) is 9.75. The second-order valence-corrected chi connectivity index (χ2v) is 3.16. The molecule has 0 unspecified atom stereocenters. The number of nitrogens with two attached hydrogens (primary N) is 1. The number of hydrogen-bond donors (Lipinski definition) is 1. The Morgan fingerprint density at radius 2 is 1.88 bits per heavy atom. The second kappa shape index (κ2) is 4.44. The summed E-state index contributed by atoms with van der Waals surface area (Å²) in [5, 5.41) is 0. The molecule has 0 bridgehead atoms. The second-order valence-electron chi connectivity index (χ2n) is 3.16. The number of aromatic nitrogens is 1. The zero-order chi connectivity index (χ0) is 11.4. The lowest BCUT2D eigenvalue weighted by atomic mass is 10.2. The highest BCUT2D eigenvalue weighted by Crippen LogP contribution is 2.18. The Bertz CT molecular complexity index is 480. The van der Waals surface area contributed by atoms with Crippen LogP contribution >= 0.6 is 0 Å². The van der Waals surface area contributed by atoms with Crippen LogP contribution in [0.25, 0.3) is 0 Å². The van der Waals surface area contributed by atoms with Gasteiger partial charge in [-0.25, -0.2) is 4.98 Å². The summed E-state index contributed by atoms with van der Waals surface area (Å²) in [4.78, 5) is 14.9. The van der Waals surface area contributed by atoms with Crippen LogP contribution in [0.5, 0.6) is 11.6 Å². The molecule has 4 nitrogen and oxygen atoms in total. The Balaban J connectivity index is 2.14. The van der Waals surface area contributed by atoms with Crippen LogP contribution in [0.1, 0.15) is 10.4 Å². The molecule has 0 aliphatic heterocycles. The van der Waals surface area contributed by atoms with E-state index in [1.54, 1.807) is 36.5 Å². The van der Waals surface area contributed by atoms with Crippen LogP contribution in [0, 0.1) is 0 Å². The van der Waals surface area contributed by atoms with E-state index in [-0.39, 0.29) is 0 Å². The molecule has 0 atom stereocenters. The molecular formula is C12H10N2O2. The Kier molecular flexibility index (Phi) is 2.82. The van der Waals surface area contributed by atoms with Gasteiger partial charge in [0.15, 0.2) is 0 Å². The van der Waals surface area contributed by atoms with Crippen LogP contribution in [0.15, 0.2) is 48.7 Å². The lowest BCUT2D eigenvalue weighted by molar-refractivity contribution is 0.100. The lowest BCUT2D eigenvalue weighted by Gasteiger charge is -2.04. The highest BCUT2D eigenvalue weighted by atomic mass is 16.5. The summed E-state index contributed by atoms with van der Waals surface area (Å²) in [6, 6.07) is 12.0. The van der Waals surface area contributed by atoms with Gasteiger partial charge in [0.05, 0.1) is 0 Å². The third-order valence-corrected chi connectivity index (χ3v) is 2.00. The van der Waals surface area contributed by atoms with Gasteiger partial charge in [0.25, 0.3) is 0 Å². The first kappa shape index (κ1) is 10.2. The minimum atomic E-state index is -0.454. The van der Waals surface area contributed by atoms with Crippen molar-refractivity contribution in [3.63, 3.8) is 0 Å². The first-order chi connectivity index (χ1) is 7.75. The van der Waals surface area contributed by atoms with Crippen LogP contribution < -0.4 is 10.5 Å². The van der Waals surface area contributed by atoms with Crippen molar-refractivity contribution in [3.8, 4) is 11.6 Å². The highest BCUT2D eigenvalue weighted by molar-refractivity contribution is 5.92. The molecule has 0 saturated carbocycles. The van der Waals surface area contributed by atoms with E-state index in [1.165, 1.54) is 0 Å². The number of amides is 1. The quantitative estimate of drug-likeness (QED) is 0.849. The molecule has 1 aromatic heterocycles. The average molecular weight is 214 g/mol. The first-order valence-corrected chi connectivity index (χ1v) is 4.74. The number of carbonyl (C=O) groups is 1. The third-order valence-electron chi connectivity index (χ3n) is 2.00. The number of ether oxygens (including phenoxy) is 1. The predicted octanol–water partition coefficient (Wildman–Crippen LogP) is 1.97. The summed E-state index contributed by atoms with van der Waals surface area (Å²) in [6.45, 7) is 0. The Morgan fingerprint density at radius 1 is 1.12 bits per heavy atom. The smallest absolute Gasteiger partial charge is 0.248 e. The van der Waals surface area contributed by atoms with Crippen LogP contribution in [0.4, 0.5) is 0 Å². The molecule has 1 amide bonds. The van der Waals surface area contributed by atoms with Crippen molar-refractivity contribution in [1.29, 1.82) is 0 Å². The number of rotatable bonds is 3. The van der Waals surface area contributed by atoms with Gasteiger partial charge < -0.3 is 10.5 Å². The van der Waals surface area contributed by atoms with Gasteiger partial charge >= 0.3 is 0 Å². The topological polar surface area (TPSA) is 65.2 Å². The Morgan fingerprint density at radius 3 is 2.44 bits per heavy atom. The average Bonchev–Trinajstić information content (AvgIpc) is 2.31. The van der Waals surface area contributed by atoms with Crippen molar-refractivity contribution in [3.05, 3.63) is 54.2 Å². The van der Waals surface area contributed by atoms with E-state index in [0.29, 0.717) is 17.2 Å². The molecule has 0 fully saturated rings. The van der Waals surface area contributed by atoms with Crippen LogP contribution in [0.3, 0.4) is 0 Å². The number of primary amides is 1. The summed E-state index contributed by atoms with van der Waals surface area (Å²) < 4.78 is 5.45. The molecule has 1 aromatic carbocycles. The van der Waals surface area contributed by atoms with Gasteiger partial charge in [0.1, 0.15) is 5.75 Å². The van der Waals surface area contributed by atoms with Crippen molar-refractivity contribution in [2.75, 3.05) is 0 Å². The van der Waals surface area contributed by atoms with E-state index in [1.807, 2.05) is 12.1 Å². The van der Waals surface area contributed by atoms with Crippen molar-refractivity contribution < 1.29 is 9.53 Å². The molecule has 0 spiro atoms. The summed E-state index contributed by atoms with van der Waals surface area (Å²) in [5.41, 5.74) is 5.58. The van der Waals surface area contributed by atoms with E-state index in [4.69, 9.17) is 10.5 Å². The van der Waals surface area contributed by atoms with Crippen LogP contribution in [-0.4, -0.2) is 10.9 Å². The van der Waals surface area contributed by atoms with Crippen molar-refractivity contribution in [2.45, 2.75) is 0 Å². The Labute approximate surface area is 92.7 Å². The molecule has 0 saturated heterocycles. The highest BCUT2D eigenvalue weighted by Gasteiger charge is 2.01. The van der Waals surface area contributed by atoms with Gasteiger partial charge in [-0.05, 0) is 30.3 Å². The maximum atomic E-state index is 10.8. The maximum Gasteiger partial charge on any atom is 0.248 e. The van der Waals surface area contributed by atoms with E-state index in [2.05, 4.69) is 4.98 Å². The van der Waals surface area contributed by atoms with Crippen molar-refractivity contribution in [1.82, 2.24) is 4.98 Å². The first-order valence-electron chi connectivity index (χ1n) is 4.74. The summed E-state index contributed by atoms with van der Waals surface area (Å²) in [7, 11) is 0. The van der Waals surface area contributed by atoms with Crippen molar-refractivity contribution in [2.24, 2.45) is 5.73 Å². The van der Waals surface area contributed by atoms with E-state index >= 15 is 0 Å². The molecule has 2 N–H and O–H groups in total. The SMILES string of the molecule is NC(=O)c1ccc(Oc2ccccn2)cc1. The molecule has 16 heavy (non-hydrogen) atoms. The summed E-state index contributed by atoms with van der Waals surface area (Å²) in [6.07, 6.45) is 1.65. The lowest BCUT2D eigenvalue weighted by Crippen LogP contribution is -2.10. The molecule has 2 rings (SSSR count). The van der Waals surface area contributed by atoms with E-state index in [0.717, 1.165) is 0 Å². The molecule has 1 heterocycles. The molecule has 0 radical (unpaired) electrons. The fourth-order valence-electron chi connectivity index (χ4n) is 1.22. The zero-order valence-electron chi connectivity index (χ0n) is 8.46. The van der Waals surface area contributed by atoms with E-state index in [9.17, 15) is 4.79 Å². The number of carbonyl (C=O) groups excluding carboxylic acids is 1. The zero-order valence-corrected chi connectivity index (χ0v) is 8.46. The largest absolute Gasteiger partial charge is 0.439 e. The van der Waals surface area contributed by atoms with Gasteiger partial charge in [0.2, 0.25) is 11.8 Å². The molecule has 0 aliphatic carbocycles. The summed E-state index contributed by atoms with van der Waals surface area (Å²) >= 11 is 0. The number of benzene rings is 1. The van der Waals surface area contributed by atoms with Crippen LogP contribution in [0.2, 0.25) is 0 Å². The standard InChI is InChI=1S/C12H10N2O2/c13-12(15)9-4-6-10(7-5-9)16-11-3-1-2-8-14-11/h1-8H,(H2,13,15). The minimum Gasteiger partial charge on any atom is -0.439 e. The predicted molar refractivity (Wildman–Crippen MR) is 59.3 cm³/mol. The van der Waals surface area contributed by atoms with Crippen LogP contribution in [-0.2, 0) is 0 Å². The molecular weight excluding hydrogens is 204 g/mol. The molecule has 0 aliphatic rings. The third kappa shape index (κ3) is 2.36. The van der Waals surface area contributed by atoms with Gasteiger partial charge in [0, 0.05) is 17.8 Å². The number of pyridine rings is 1. The van der Waals surface area contributed by atoms with E-state index < -0.39 is 5.91 Å². The van der Waals surface area contributed by atoms with Gasteiger partial charge in [-0.15, -0.1) is 0 Å². The molecule has 80 valence electrons. The monoisotopic (exact) mass is 214 g/mol. The van der Waals surface area contributed by atoms with Gasteiger partial charge in [-0.3, -0.25) is 4.79 Å². The number of nitrogens with zero attached hydrogens (tertiary/aromatic N) is 1. The fourth-order valence-corrected chi connectivity index (χ4v) is 1.22. The van der Waals surface area contributed by atoms with Gasteiger partial charge in [-0.1, -0.05) is 6.07 Å². The maximum absolute atomic E-state index is 10.8. The minimum absolute atomic E-state index is 0.452. The molecule has 2 aromatic rings.